The molecule has 0 fully saturated rings. The fraction of sp³-hybridized carbons (Fsp3) is 0.250. The van der Waals surface area contributed by atoms with E-state index < -0.39 is 5.97 Å². The molecule has 0 bridgehead atoms. The summed E-state index contributed by atoms with van der Waals surface area (Å²) in [4.78, 5) is 23.7. The Balaban J connectivity index is 2.33. The number of carboxylic acids is 1. The van der Waals surface area contributed by atoms with Crippen LogP contribution in [0.4, 0.5) is 0 Å². The summed E-state index contributed by atoms with van der Waals surface area (Å²) >= 11 is 1.19. The predicted octanol–water partition coefficient (Wildman–Crippen LogP) is 3.80. The highest BCUT2D eigenvalue weighted by Gasteiger charge is 2.19. The summed E-state index contributed by atoms with van der Waals surface area (Å²) in [5.41, 5.74) is 4.40. The molecule has 1 aromatic heterocycles. The molecule has 1 heterocycles. The fourth-order valence-corrected chi connectivity index (χ4v) is 3.25. The fourth-order valence-electron chi connectivity index (χ4n) is 2.42. The van der Waals surface area contributed by atoms with Crippen molar-refractivity contribution in [1.82, 2.24) is 0 Å². The summed E-state index contributed by atoms with van der Waals surface area (Å²) in [6.07, 6.45) is 0.249. The first kappa shape index (κ1) is 14.5. The van der Waals surface area contributed by atoms with Crippen molar-refractivity contribution in [2.24, 2.45) is 0 Å². The molecule has 0 saturated carbocycles. The second-order valence-electron chi connectivity index (χ2n) is 4.95. The molecule has 0 atom stereocenters. The van der Waals surface area contributed by atoms with Crippen LogP contribution in [0, 0.1) is 20.8 Å². The van der Waals surface area contributed by atoms with Crippen LogP contribution in [-0.2, 0) is 6.42 Å². The van der Waals surface area contributed by atoms with Gasteiger partial charge in [0.25, 0.3) is 0 Å². The molecular formula is C16H16O3S. The summed E-state index contributed by atoms with van der Waals surface area (Å²) in [7, 11) is 0. The number of ketones is 1. The van der Waals surface area contributed by atoms with Crippen LogP contribution < -0.4 is 0 Å². The van der Waals surface area contributed by atoms with Crippen molar-refractivity contribution in [2.75, 3.05) is 0 Å². The molecule has 1 aromatic carbocycles. The topological polar surface area (TPSA) is 54.4 Å². The number of aromatic carboxylic acids is 1. The zero-order chi connectivity index (χ0) is 14.9. The number of Topliss-reactive ketones (excluding diaryl/α,β-unsaturated/α-hetero) is 1. The van der Waals surface area contributed by atoms with Crippen LogP contribution in [0.1, 0.15) is 42.3 Å². The van der Waals surface area contributed by atoms with Crippen LogP contribution in [0.15, 0.2) is 23.6 Å². The lowest BCUT2D eigenvalue weighted by atomic mass is 9.95. The summed E-state index contributed by atoms with van der Waals surface area (Å²) in [5.74, 6) is -1.18. The smallest absolute Gasteiger partial charge is 0.337 e. The van der Waals surface area contributed by atoms with Gasteiger partial charge in [0.1, 0.15) is 0 Å². The number of rotatable bonds is 4. The first-order valence-electron chi connectivity index (χ1n) is 6.31. The monoisotopic (exact) mass is 288 g/mol. The van der Waals surface area contributed by atoms with Gasteiger partial charge in [0.15, 0.2) is 5.78 Å². The van der Waals surface area contributed by atoms with E-state index in [1.54, 1.807) is 5.38 Å². The van der Waals surface area contributed by atoms with Gasteiger partial charge in [-0.25, -0.2) is 4.79 Å². The minimum Gasteiger partial charge on any atom is -0.478 e. The summed E-state index contributed by atoms with van der Waals surface area (Å²) in [5, 5.41) is 10.7. The normalized spacial score (nSPS) is 10.6. The van der Waals surface area contributed by atoms with Crippen molar-refractivity contribution >= 4 is 23.1 Å². The Morgan fingerprint density at radius 1 is 1.15 bits per heavy atom. The third kappa shape index (κ3) is 2.80. The molecule has 2 aromatic rings. The molecule has 0 saturated heterocycles. The number of benzene rings is 1. The van der Waals surface area contributed by atoms with E-state index in [2.05, 4.69) is 0 Å². The second-order valence-corrected chi connectivity index (χ2v) is 5.86. The van der Waals surface area contributed by atoms with Crippen molar-refractivity contribution in [1.29, 1.82) is 0 Å². The highest BCUT2D eigenvalue weighted by molar-refractivity contribution is 7.12. The molecule has 4 heteroatoms. The zero-order valence-electron chi connectivity index (χ0n) is 11.7. The molecule has 0 aliphatic heterocycles. The molecule has 0 radical (unpaired) electrons. The molecule has 0 aliphatic rings. The second kappa shape index (κ2) is 5.59. The highest BCUT2D eigenvalue weighted by Crippen LogP contribution is 2.23. The van der Waals surface area contributed by atoms with Gasteiger partial charge in [0, 0.05) is 6.42 Å². The van der Waals surface area contributed by atoms with E-state index >= 15 is 0 Å². The van der Waals surface area contributed by atoms with Crippen LogP contribution in [0.25, 0.3) is 0 Å². The number of carboxylic acid groups (broad SMARTS) is 1. The molecule has 0 amide bonds. The Bertz CT molecular complexity index is 660. The molecule has 0 aliphatic carbocycles. The van der Waals surface area contributed by atoms with E-state index in [0.717, 1.165) is 16.7 Å². The predicted molar refractivity (Wildman–Crippen MR) is 80.0 cm³/mol. The molecule has 20 heavy (non-hydrogen) atoms. The maximum absolute atomic E-state index is 12.3. The van der Waals surface area contributed by atoms with Crippen LogP contribution in [0.3, 0.4) is 0 Å². The number of aryl methyl sites for hydroxylation is 3. The Labute approximate surface area is 121 Å². The lowest BCUT2D eigenvalue weighted by molar-refractivity contribution is 0.0693. The average Bonchev–Trinajstić information content (AvgIpc) is 2.82. The molecular weight excluding hydrogens is 272 g/mol. The minimum atomic E-state index is -1.05. The van der Waals surface area contributed by atoms with Crippen LogP contribution in [0.2, 0.25) is 0 Å². The average molecular weight is 288 g/mol. The first-order chi connectivity index (χ1) is 9.40. The van der Waals surface area contributed by atoms with Crippen molar-refractivity contribution in [3.05, 3.63) is 56.3 Å². The van der Waals surface area contributed by atoms with Gasteiger partial charge in [0.2, 0.25) is 0 Å². The van der Waals surface area contributed by atoms with Gasteiger partial charge < -0.3 is 5.11 Å². The van der Waals surface area contributed by atoms with E-state index in [4.69, 9.17) is 5.11 Å². The Hall–Kier alpha value is -1.94. The van der Waals surface area contributed by atoms with Crippen molar-refractivity contribution in [3.63, 3.8) is 0 Å². The van der Waals surface area contributed by atoms with E-state index in [0.29, 0.717) is 4.88 Å². The number of carbonyl (C=O) groups excluding carboxylic acids is 1. The zero-order valence-corrected chi connectivity index (χ0v) is 12.5. The molecule has 1 N–H and O–H groups in total. The number of carbonyl (C=O) groups is 2. The lowest BCUT2D eigenvalue weighted by Crippen LogP contribution is -2.09. The van der Waals surface area contributed by atoms with Gasteiger partial charge in [0.05, 0.1) is 10.4 Å². The maximum atomic E-state index is 12.3. The van der Waals surface area contributed by atoms with Crippen LogP contribution >= 0.6 is 11.3 Å². The van der Waals surface area contributed by atoms with Gasteiger partial charge in [-0.2, -0.15) is 0 Å². The quantitative estimate of drug-likeness (QED) is 0.871. The highest BCUT2D eigenvalue weighted by atomic mass is 32.1. The first-order valence-corrected chi connectivity index (χ1v) is 7.19. The number of thiophene rings is 1. The summed E-state index contributed by atoms with van der Waals surface area (Å²) < 4.78 is 0. The largest absolute Gasteiger partial charge is 0.478 e. The number of hydrogen-bond acceptors (Lipinski definition) is 3. The SMILES string of the molecule is Cc1cc(C)c(CC(=O)c2sccc2C(=O)O)c(C)c1. The van der Waals surface area contributed by atoms with E-state index in [-0.39, 0.29) is 17.8 Å². The van der Waals surface area contributed by atoms with Gasteiger partial charge in [-0.3, -0.25) is 4.79 Å². The molecule has 104 valence electrons. The molecule has 0 unspecified atom stereocenters. The summed E-state index contributed by atoms with van der Waals surface area (Å²) in [6, 6.07) is 5.57. The standard InChI is InChI=1S/C16H16O3S/c1-9-6-10(2)13(11(3)7-9)8-14(17)15-12(16(18)19)4-5-20-15/h4-7H,8H2,1-3H3,(H,18,19). The summed E-state index contributed by atoms with van der Waals surface area (Å²) in [6.45, 7) is 5.98. The molecule has 2 rings (SSSR count). The third-order valence-electron chi connectivity index (χ3n) is 3.33. The third-order valence-corrected chi connectivity index (χ3v) is 4.28. The van der Waals surface area contributed by atoms with Crippen LogP contribution in [-0.4, -0.2) is 16.9 Å². The van der Waals surface area contributed by atoms with E-state index in [1.165, 1.54) is 23.0 Å². The van der Waals surface area contributed by atoms with Crippen molar-refractivity contribution in [3.8, 4) is 0 Å². The van der Waals surface area contributed by atoms with Gasteiger partial charge in [-0.15, -0.1) is 11.3 Å². The number of hydrogen-bond donors (Lipinski definition) is 1. The Morgan fingerprint density at radius 3 is 2.30 bits per heavy atom. The van der Waals surface area contributed by atoms with Gasteiger partial charge >= 0.3 is 5.97 Å². The maximum Gasteiger partial charge on any atom is 0.337 e. The molecule has 0 spiro atoms. The molecule has 3 nitrogen and oxygen atoms in total. The minimum absolute atomic E-state index is 0.0995. The van der Waals surface area contributed by atoms with E-state index in [9.17, 15) is 9.59 Å². The van der Waals surface area contributed by atoms with Crippen molar-refractivity contribution in [2.45, 2.75) is 27.2 Å². The van der Waals surface area contributed by atoms with Crippen molar-refractivity contribution < 1.29 is 14.7 Å². The van der Waals surface area contributed by atoms with Gasteiger partial charge in [-0.05, 0) is 48.9 Å². The Morgan fingerprint density at radius 2 is 1.75 bits per heavy atom. The van der Waals surface area contributed by atoms with E-state index in [1.807, 2.05) is 32.9 Å². The Kier molecular flexibility index (Phi) is 4.04. The lowest BCUT2D eigenvalue weighted by Gasteiger charge is -2.10. The van der Waals surface area contributed by atoms with Gasteiger partial charge in [-0.1, -0.05) is 17.7 Å². The van der Waals surface area contributed by atoms with Crippen LogP contribution in [0.5, 0.6) is 0 Å².